The number of para-hydroxylation sites is 1. The van der Waals surface area contributed by atoms with E-state index in [1.54, 1.807) is 9.58 Å². The predicted octanol–water partition coefficient (Wildman–Crippen LogP) is 1.18. The lowest BCUT2D eigenvalue weighted by Crippen LogP contribution is -2.38. The highest BCUT2D eigenvalue weighted by Gasteiger charge is 2.29. The molecule has 2 aromatic rings. The summed E-state index contributed by atoms with van der Waals surface area (Å²) in [5.74, 6) is -0.487. The summed E-state index contributed by atoms with van der Waals surface area (Å²) < 4.78 is 7.06. The Hall–Kier alpha value is -3.24. The number of carbonyl (C=O) groups is 3. The van der Waals surface area contributed by atoms with E-state index in [1.807, 2.05) is 37.4 Å². The van der Waals surface area contributed by atoms with Crippen LogP contribution in [0.1, 0.15) is 41.0 Å². The third-order valence-corrected chi connectivity index (χ3v) is 6.48. The molecule has 0 bridgehead atoms. The second-order valence-electron chi connectivity index (χ2n) is 8.94. The molecule has 2 aliphatic rings. The zero-order chi connectivity index (χ0) is 24.6. The highest BCUT2D eigenvalue weighted by atomic mass is 16.5. The van der Waals surface area contributed by atoms with Crippen LogP contribution in [0.5, 0.6) is 0 Å². The summed E-state index contributed by atoms with van der Waals surface area (Å²) in [5.41, 5.74) is 2.76. The second-order valence-corrected chi connectivity index (χ2v) is 8.94. The summed E-state index contributed by atoms with van der Waals surface area (Å²) >= 11 is 0. The van der Waals surface area contributed by atoms with E-state index in [0.717, 1.165) is 50.5 Å². The Morgan fingerprint density at radius 3 is 2.60 bits per heavy atom. The molecule has 1 saturated heterocycles. The monoisotopic (exact) mass is 482 g/mol. The topological polar surface area (TPSA) is 109 Å². The summed E-state index contributed by atoms with van der Waals surface area (Å²) in [6, 6.07) is 9.22. The van der Waals surface area contributed by atoms with E-state index < -0.39 is 0 Å². The van der Waals surface area contributed by atoms with Crippen LogP contribution in [-0.2, 0) is 34.3 Å². The fraction of sp³-hybridized carbons (Fsp3) is 0.520. The van der Waals surface area contributed by atoms with E-state index in [2.05, 4.69) is 20.6 Å². The van der Waals surface area contributed by atoms with E-state index in [-0.39, 0.29) is 30.6 Å². The lowest BCUT2D eigenvalue weighted by Gasteiger charge is -2.27. The Bertz CT molecular complexity index is 1030. The van der Waals surface area contributed by atoms with Gasteiger partial charge in [-0.15, -0.1) is 0 Å². The quantitative estimate of drug-likeness (QED) is 0.520. The zero-order valence-corrected chi connectivity index (χ0v) is 20.3. The fourth-order valence-corrected chi connectivity index (χ4v) is 4.52. The first-order chi connectivity index (χ1) is 17.0. The molecule has 1 aromatic heterocycles. The molecular formula is C25H34N6O4. The van der Waals surface area contributed by atoms with Crippen molar-refractivity contribution in [1.29, 1.82) is 0 Å². The lowest BCUT2D eigenvalue weighted by molar-refractivity contribution is -0.134. The van der Waals surface area contributed by atoms with Crippen molar-refractivity contribution in [2.75, 3.05) is 51.3 Å². The van der Waals surface area contributed by atoms with Gasteiger partial charge in [-0.1, -0.05) is 18.2 Å². The molecule has 0 atom stereocenters. The van der Waals surface area contributed by atoms with E-state index in [0.29, 0.717) is 37.4 Å². The number of anilines is 1. The average molecular weight is 483 g/mol. The Morgan fingerprint density at radius 2 is 1.83 bits per heavy atom. The maximum Gasteiger partial charge on any atom is 0.276 e. The van der Waals surface area contributed by atoms with E-state index in [1.165, 1.54) is 0 Å². The summed E-state index contributed by atoms with van der Waals surface area (Å²) in [6.07, 6.45) is 1.81. The first-order valence-electron chi connectivity index (χ1n) is 12.3. The Balaban J connectivity index is 1.24. The van der Waals surface area contributed by atoms with Crippen LogP contribution in [0.25, 0.3) is 0 Å². The molecule has 10 heteroatoms. The predicted molar refractivity (Wildman–Crippen MR) is 131 cm³/mol. The smallest absolute Gasteiger partial charge is 0.276 e. The molecular weight excluding hydrogens is 448 g/mol. The molecule has 0 aliphatic carbocycles. The zero-order valence-electron chi connectivity index (χ0n) is 20.3. The van der Waals surface area contributed by atoms with E-state index >= 15 is 0 Å². The highest BCUT2D eigenvalue weighted by Crippen LogP contribution is 2.24. The maximum absolute atomic E-state index is 12.9. The number of aromatic nitrogens is 2. The van der Waals surface area contributed by atoms with Crippen LogP contribution in [0.15, 0.2) is 30.3 Å². The van der Waals surface area contributed by atoms with Crippen LogP contribution in [0, 0.1) is 0 Å². The van der Waals surface area contributed by atoms with Crippen molar-refractivity contribution < 1.29 is 19.1 Å². The minimum atomic E-state index is -0.293. The number of morpholine rings is 1. The fourth-order valence-electron chi connectivity index (χ4n) is 4.52. The van der Waals surface area contributed by atoms with Gasteiger partial charge in [-0.25, -0.2) is 0 Å². The summed E-state index contributed by atoms with van der Waals surface area (Å²) in [4.78, 5) is 42.0. The number of nitrogens with zero attached hydrogens (tertiary/aromatic N) is 4. The molecule has 10 nitrogen and oxygen atoms in total. The summed E-state index contributed by atoms with van der Waals surface area (Å²) in [5, 5.41) is 10.2. The van der Waals surface area contributed by atoms with E-state index in [9.17, 15) is 14.4 Å². The minimum absolute atomic E-state index is 0.0858. The van der Waals surface area contributed by atoms with Crippen molar-refractivity contribution in [1.82, 2.24) is 24.9 Å². The molecule has 188 valence electrons. The molecule has 2 N–H and O–H groups in total. The summed E-state index contributed by atoms with van der Waals surface area (Å²) in [7, 11) is 1.82. The molecule has 3 heterocycles. The third-order valence-electron chi connectivity index (χ3n) is 6.48. The van der Waals surface area contributed by atoms with Gasteiger partial charge in [0.05, 0.1) is 13.2 Å². The standard InChI is InChI=1S/C25H34N6O4/c1-29-21-10-13-31(18-20(21)24(28-29)25(34)27-19-6-3-2-4-7-19)23(33)9-8-22(32)26-11-5-12-30-14-16-35-17-15-30/h2-4,6-7H,5,8-18H2,1H3,(H,26,32)(H,27,34). The van der Waals surface area contributed by atoms with Gasteiger partial charge in [0.2, 0.25) is 11.8 Å². The average Bonchev–Trinajstić information content (AvgIpc) is 3.22. The molecule has 4 rings (SSSR count). The first kappa shape index (κ1) is 24.9. The van der Waals surface area contributed by atoms with Crippen molar-refractivity contribution in [2.24, 2.45) is 7.05 Å². The van der Waals surface area contributed by atoms with Gasteiger partial charge in [0.25, 0.3) is 5.91 Å². The number of hydrogen-bond acceptors (Lipinski definition) is 6. The van der Waals surface area contributed by atoms with Crippen molar-refractivity contribution in [3.05, 3.63) is 47.3 Å². The largest absolute Gasteiger partial charge is 0.379 e. The Morgan fingerprint density at radius 1 is 1.06 bits per heavy atom. The van der Waals surface area contributed by atoms with Gasteiger partial charge in [-0.2, -0.15) is 5.10 Å². The molecule has 1 aromatic carbocycles. The minimum Gasteiger partial charge on any atom is -0.379 e. The van der Waals surface area contributed by atoms with Crippen molar-refractivity contribution >= 4 is 23.4 Å². The van der Waals surface area contributed by atoms with Crippen molar-refractivity contribution in [3.8, 4) is 0 Å². The van der Waals surface area contributed by atoms with Gasteiger partial charge in [0.1, 0.15) is 0 Å². The molecule has 0 unspecified atom stereocenters. The molecule has 0 spiro atoms. The highest BCUT2D eigenvalue weighted by molar-refractivity contribution is 6.04. The van der Waals surface area contributed by atoms with Gasteiger partial charge in [0, 0.05) is 76.0 Å². The Labute approximate surface area is 205 Å². The molecule has 2 aliphatic heterocycles. The van der Waals surface area contributed by atoms with Crippen LogP contribution in [0.3, 0.4) is 0 Å². The first-order valence-corrected chi connectivity index (χ1v) is 12.3. The number of nitrogens with one attached hydrogen (secondary N) is 2. The van der Waals surface area contributed by atoms with Gasteiger partial charge in [0.15, 0.2) is 5.69 Å². The van der Waals surface area contributed by atoms with Crippen LogP contribution in [0.2, 0.25) is 0 Å². The van der Waals surface area contributed by atoms with Crippen molar-refractivity contribution in [2.45, 2.75) is 32.2 Å². The van der Waals surface area contributed by atoms with Crippen LogP contribution in [0.4, 0.5) is 5.69 Å². The third kappa shape index (κ3) is 6.67. The second kappa shape index (κ2) is 11.9. The SMILES string of the molecule is Cn1nc(C(=O)Nc2ccccc2)c2c1CCN(C(=O)CCC(=O)NCCCN1CCOCC1)C2. The molecule has 35 heavy (non-hydrogen) atoms. The van der Waals surface area contributed by atoms with Gasteiger partial charge in [-0.05, 0) is 25.1 Å². The number of aryl methyl sites for hydroxylation is 1. The lowest BCUT2D eigenvalue weighted by atomic mass is 10.0. The van der Waals surface area contributed by atoms with Crippen LogP contribution >= 0.6 is 0 Å². The molecule has 0 radical (unpaired) electrons. The number of rotatable bonds is 9. The molecule has 0 saturated carbocycles. The van der Waals surface area contributed by atoms with Gasteiger partial charge < -0.3 is 20.3 Å². The van der Waals surface area contributed by atoms with Crippen LogP contribution < -0.4 is 10.6 Å². The number of fused-ring (bicyclic) bond motifs is 1. The number of benzene rings is 1. The molecule has 3 amide bonds. The molecule has 1 fully saturated rings. The van der Waals surface area contributed by atoms with Crippen molar-refractivity contribution in [3.63, 3.8) is 0 Å². The number of hydrogen-bond donors (Lipinski definition) is 2. The normalized spacial score (nSPS) is 16.0. The number of amides is 3. The number of ether oxygens (including phenoxy) is 1. The van der Waals surface area contributed by atoms with E-state index in [4.69, 9.17) is 4.74 Å². The number of carbonyl (C=O) groups excluding carboxylic acids is 3. The van der Waals surface area contributed by atoms with Crippen LogP contribution in [-0.4, -0.2) is 83.2 Å². The summed E-state index contributed by atoms with van der Waals surface area (Å²) in [6.45, 7) is 5.82. The van der Waals surface area contributed by atoms with Gasteiger partial charge in [-0.3, -0.25) is 24.0 Å². The maximum atomic E-state index is 12.9. The van der Waals surface area contributed by atoms with Gasteiger partial charge >= 0.3 is 0 Å². The Kier molecular flexibility index (Phi) is 8.49.